The third kappa shape index (κ3) is 4.77. The Labute approximate surface area is 247 Å². The summed E-state index contributed by atoms with van der Waals surface area (Å²) in [5.74, 6) is 2.90. The molecule has 36 heavy (non-hydrogen) atoms. The van der Waals surface area contributed by atoms with Crippen molar-refractivity contribution in [2.75, 3.05) is 0 Å². The molecule has 0 aliphatic heterocycles. The Morgan fingerprint density at radius 1 is 0.583 bits per heavy atom. The van der Waals surface area contributed by atoms with Gasteiger partial charge in [0.2, 0.25) is 0 Å². The van der Waals surface area contributed by atoms with Crippen molar-refractivity contribution in [2.45, 2.75) is 29.0 Å². The van der Waals surface area contributed by atoms with Crippen molar-refractivity contribution in [1.29, 1.82) is 0 Å². The van der Waals surface area contributed by atoms with E-state index in [1.807, 2.05) is 0 Å². The molecule has 3 aliphatic rings. The van der Waals surface area contributed by atoms with Crippen LogP contribution in [0.15, 0.2) is 115 Å². The van der Waals surface area contributed by atoms with Crippen molar-refractivity contribution in [3.63, 3.8) is 0 Å². The number of hydrogen-bond donors (Lipinski definition) is 0. The average molecular weight is 586 g/mol. The first-order valence-electron chi connectivity index (χ1n) is 12.5. The molecule has 6 atom stereocenters. The average Bonchev–Trinajstić information content (AvgIpc) is 3.23. The summed E-state index contributed by atoms with van der Waals surface area (Å²) in [4.78, 5) is 0. The topological polar surface area (TPSA) is 0 Å². The molecule has 0 spiro atoms. The molecule has 0 bridgehead atoms. The van der Waals surface area contributed by atoms with Crippen LogP contribution in [0.1, 0.15) is 19.3 Å². The molecule has 0 nitrogen and oxygen atoms in total. The molecule has 5 heteroatoms. The Hall–Kier alpha value is -1.06. The normalized spacial score (nSPS) is 28.1. The van der Waals surface area contributed by atoms with E-state index in [4.69, 9.17) is 0 Å². The molecule has 0 radical (unpaired) electrons. The van der Waals surface area contributed by atoms with Gasteiger partial charge in [-0.15, -0.1) is 0 Å². The summed E-state index contributed by atoms with van der Waals surface area (Å²) >= 11 is 2.56. The summed E-state index contributed by atoms with van der Waals surface area (Å²) in [6, 6.07) is 34.9. The van der Waals surface area contributed by atoms with Crippen molar-refractivity contribution in [3.05, 3.63) is 115 Å². The Bertz CT molecular complexity index is 1060. The van der Waals surface area contributed by atoms with Gasteiger partial charge in [-0.25, -0.2) is 0 Å². The standard InChI is InChI=1S/C31H31Si.3ClH.Ti/c1-4-14-24(15-5-1)32(25-16-6-2-7-17-25,26-18-8-3-9-19-26)31-29-22-12-10-20-27(29)28-21-11-13-23-30(28)31;;;;/h1-10,12,14-20,22-23,27-31H,11,13,21H2;3*1H;/q;;;;+3/p-3. The van der Waals surface area contributed by atoms with Crippen LogP contribution in [0.5, 0.6) is 0 Å². The van der Waals surface area contributed by atoms with E-state index in [2.05, 4.69) is 136 Å². The van der Waals surface area contributed by atoms with Crippen molar-refractivity contribution in [1.82, 2.24) is 0 Å². The second kappa shape index (κ2) is 12.7. The van der Waals surface area contributed by atoms with Crippen molar-refractivity contribution < 1.29 is 57.7 Å². The van der Waals surface area contributed by atoms with Crippen molar-refractivity contribution >= 4 is 23.6 Å². The van der Waals surface area contributed by atoms with Gasteiger partial charge >= 0.3 is 212 Å². The maximum atomic E-state index is 2.59. The number of hydrogen-bond acceptors (Lipinski definition) is 0. The van der Waals surface area contributed by atoms with Crippen molar-refractivity contribution in [2.24, 2.45) is 23.7 Å². The van der Waals surface area contributed by atoms with Gasteiger partial charge in [-0.1, -0.05) is 0 Å². The van der Waals surface area contributed by atoms with Gasteiger partial charge in [0.25, 0.3) is 0 Å². The molecule has 2 saturated carbocycles. The number of rotatable bonds is 4. The van der Waals surface area contributed by atoms with E-state index in [1.54, 1.807) is 15.6 Å². The van der Waals surface area contributed by atoms with Crippen LogP contribution in [0.3, 0.4) is 0 Å². The maximum absolute atomic E-state index is 2.59. The van der Waals surface area contributed by atoms with Gasteiger partial charge in [0, 0.05) is 0 Å². The fourth-order valence-electron chi connectivity index (χ4n) is 7.67. The van der Waals surface area contributed by atoms with E-state index >= 15 is 0 Å². The zero-order chi connectivity index (χ0) is 22.3. The van der Waals surface area contributed by atoms with Crippen LogP contribution < -0.4 is 52.8 Å². The van der Waals surface area contributed by atoms with Gasteiger partial charge in [0.15, 0.2) is 0 Å². The summed E-state index contributed by atoms with van der Waals surface area (Å²) in [5.41, 5.74) is 0.663. The first-order valence-corrected chi connectivity index (χ1v) is 15.5. The number of fused-ring (bicyclic) bond motifs is 3. The fourth-order valence-corrected chi connectivity index (χ4v) is 15.3. The molecule has 0 amide bonds. The van der Waals surface area contributed by atoms with Crippen LogP contribution in [-0.4, -0.2) is 8.07 Å². The summed E-state index contributed by atoms with van der Waals surface area (Å²) in [6.45, 7) is 0. The molecule has 3 aliphatic carbocycles. The number of benzene rings is 3. The van der Waals surface area contributed by atoms with Crippen molar-refractivity contribution in [3.8, 4) is 0 Å². The SMILES string of the molecule is [Cl-].[Cl-].[Cl-].[Ti+3][CH]1CCCC2C3C=CC=CC3C([Si](c3ccccc3)(c3ccccc3)c3ccccc3)C12. The molecule has 2 fully saturated rings. The van der Waals surface area contributed by atoms with Crippen LogP contribution in [0.25, 0.3) is 0 Å². The molecule has 3 aromatic carbocycles. The van der Waals surface area contributed by atoms with Crippen LogP contribution in [0.4, 0.5) is 0 Å². The van der Waals surface area contributed by atoms with E-state index in [9.17, 15) is 0 Å². The summed E-state index contributed by atoms with van der Waals surface area (Å²) < 4.78 is 0.782. The Kier molecular flexibility index (Phi) is 10.4. The molecule has 0 aromatic heterocycles. The van der Waals surface area contributed by atoms with E-state index in [1.165, 1.54) is 19.3 Å². The van der Waals surface area contributed by atoms with Gasteiger partial charge in [0.1, 0.15) is 0 Å². The molecule has 0 saturated heterocycles. The van der Waals surface area contributed by atoms with E-state index in [0.29, 0.717) is 17.4 Å². The Balaban J connectivity index is 0.00000120. The van der Waals surface area contributed by atoms with Gasteiger partial charge in [-0.3, -0.25) is 0 Å². The van der Waals surface area contributed by atoms with Crippen LogP contribution in [0, 0.1) is 23.7 Å². The minimum absolute atomic E-state index is 0. The molecular formula is C31H31Cl3SiTi. The third-order valence-electron chi connectivity index (χ3n) is 8.74. The Morgan fingerprint density at radius 3 is 1.50 bits per heavy atom. The molecule has 0 N–H and O–H groups in total. The van der Waals surface area contributed by atoms with E-state index in [0.717, 1.165) is 16.1 Å². The van der Waals surface area contributed by atoms with Gasteiger partial charge in [0.05, 0.1) is 0 Å². The minimum atomic E-state index is -2.33. The molecule has 6 unspecified atom stereocenters. The summed E-state index contributed by atoms with van der Waals surface area (Å²) in [6.07, 6.45) is 14.0. The Morgan fingerprint density at radius 2 is 1.03 bits per heavy atom. The molecular weight excluding hydrogens is 555 g/mol. The van der Waals surface area contributed by atoms with Gasteiger partial charge in [-0.05, 0) is 0 Å². The summed E-state index contributed by atoms with van der Waals surface area (Å²) in [7, 11) is -2.33. The van der Waals surface area contributed by atoms with Gasteiger partial charge < -0.3 is 37.2 Å². The molecule has 184 valence electrons. The fraction of sp³-hybridized carbons (Fsp3) is 0.290. The quantitative estimate of drug-likeness (QED) is 0.222. The molecule has 0 heterocycles. The summed E-state index contributed by atoms with van der Waals surface area (Å²) in [5, 5.41) is 4.73. The third-order valence-corrected chi connectivity index (χ3v) is 15.3. The first-order chi connectivity index (χ1) is 16.3. The van der Waals surface area contributed by atoms with Crippen LogP contribution in [0.2, 0.25) is 9.76 Å². The zero-order valence-corrected chi connectivity index (χ0v) is 25.0. The predicted molar refractivity (Wildman–Crippen MR) is 138 cm³/mol. The zero-order valence-electron chi connectivity index (χ0n) is 20.2. The predicted octanol–water partition coefficient (Wildman–Crippen LogP) is -3.34. The van der Waals surface area contributed by atoms with Gasteiger partial charge in [-0.2, -0.15) is 0 Å². The second-order valence-corrected chi connectivity index (χ2v) is 15.3. The van der Waals surface area contributed by atoms with Crippen LogP contribution in [-0.2, 0) is 20.4 Å². The van der Waals surface area contributed by atoms with E-state index in [-0.39, 0.29) is 37.2 Å². The number of allylic oxidation sites excluding steroid dienone is 4. The molecule has 3 aromatic rings. The van der Waals surface area contributed by atoms with E-state index < -0.39 is 8.07 Å². The first kappa shape index (κ1) is 29.5. The number of halogens is 3. The van der Waals surface area contributed by atoms with Crippen LogP contribution >= 0.6 is 0 Å². The molecule has 6 rings (SSSR count). The monoisotopic (exact) mass is 584 g/mol. The second-order valence-electron chi connectivity index (χ2n) is 10.1.